The second-order valence-corrected chi connectivity index (χ2v) is 9.43. The third kappa shape index (κ3) is 2.93. The summed E-state index contributed by atoms with van der Waals surface area (Å²) in [5.74, 6) is 0.0269. The first-order valence-electron chi connectivity index (χ1n) is 8.93. The molecule has 0 spiro atoms. The van der Waals surface area contributed by atoms with Crippen LogP contribution >= 0.6 is 0 Å². The van der Waals surface area contributed by atoms with Crippen LogP contribution in [0.25, 0.3) is 0 Å². The second kappa shape index (κ2) is 6.27. The third-order valence-electron chi connectivity index (χ3n) is 5.26. The molecule has 0 radical (unpaired) electrons. The molecule has 0 unspecified atom stereocenters. The van der Waals surface area contributed by atoms with Gasteiger partial charge in [-0.3, -0.25) is 0 Å². The Hall–Kier alpha value is -1.54. The van der Waals surface area contributed by atoms with Crippen LogP contribution in [0.3, 0.4) is 0 Å². The van der Waals surface area contributed by atoms with Gasteiger partial charge in [0.05, 0.1) is 0 Å². The Labute approximate surface area is 159 Å². The van der Waals surface area contributed by atoms with E-state index in [2.05, 4.69) is 19.6 Å². The minimum atomic E-state index is 0.0269. The van der Waals surface area contributed by atoms with E-state index in [1.807, 2.05) is 30.3 Å². The number of nitrogens with zero attached hydrogens (tertiary/aromatic N) is 6. The number of para-hydroxylation sites is 1. The molecule has 0 N–H and O–H groups in total. The van der Waals surface area contributed by atoms with Gasteiger partial charge in [0.25, 0.3) is 0 Å². The van der Waals surface area contributed by atoms with Gasteiger partial charge in [-0.25, -0.2) is 0 Å². The average molecular weight is 418 g/mol. The zero-order valence-corrected chi connectivity index (χ0v) is 16.6. The van der Waals surface area contributed by atoms with Crippen LogP contribution in [0.4, 0.5) is 10.4 Å². The number of benzene rings is 1. The van der Waals surface area contributed by atoms with Crippen LogP contribution in [0.1, 0.15) is 12.6 Å². The van der Waals surface area contributed by atoms with E-state index in [9.17, 15) is 4.79 Å². The topological polar surface area (TPSA) is 42.9 Å². The van der Waals surface area contributed by atoms with Crippen LogP contribution in [-0.2, 0) is 11.3 Å². The Balaban J connectivity index is 1.39. The molecule has 4 aliphatic rings. The second-order valence-electron chi connectivity index (χ2n) is 7.67. The van der Waals surface area contributed by atoms with Crippen LogP contribution in [0, 0.1) is 0 Å². The molecule has 136 valence electrons. The van der Waals surface area contributed by atoms with E-state index in [1.165, 1.54) is 0 Å². The molecule has 1 amide bonds. The molecule has 8 heteroatoms. The molecular weight excluding hydrogens is 395 g/mol. The van der Waals surface area contributed by atoms with Gasteiger partial charge in [-0.15, -0.1) is 0 Å². The number of anilines is 2. The van der Waals surface area contributed by atoms with Crippen LogP contribution in [0.5, 0.6) is 0 Å². The molecule has 0 aliphatic carbocycles. The van der Waals surface area contributed by atoms with Gasteiger partial charge >= 0.3 is 159 Å². The number of carbonyl (C=O) groups excluding carboxylic acids is 1. The van der Waals surface area contributed by atoms with Gasteiger partial charge in [-0.1, -0.05) is 0 Å². The number of aromatic nitrogens is 1. The first-order chi connectivity index (χ1) is 12.6. The van der Waals surface area contributed by atoms with Crippen molar-refractivity contribution in [3.05, 3.63) is 41.0 Å². The third-order valence-corrected chi connectivity index (χ3v) is 7.09. The van der Waals surface area contributed by atoms with Crippen LogP contribution < -0.4 is 4.90 Å². The Bertz CT molecular complexity index is 787. The zero-order valence-electron chi connectivity index (χ0n) is 14.9. The summed E-state index contributed by atoms with van der Waals surface area (Å²) in [6.45, 7) is 9.19. The number of quaternary nitrogens is 1. The molecule has 4 fully saturated rings. The number of carbonyl (C=O) groups is 1. The average Bonchev–Trinajstić information content (AvgIpc) is 3.01. The summed E-state index contributed by atoms with van der Waals surface area (Å²) in [6.07, 6.45) is 0. The summed E-state index contributed by atoms with van der Waals surface area (Å²) in [4.78, 5) is 28.8. The van der Waals surface area contributed by atoms with Gasteiger partial charge in [0, 0.05) is 0 Å². The number of hydrogen-bond acceptors (Lipinski definition) is 5. The Morgan fingerprint density at radius 2 is 1.73 bits per heavy atom. The summed E-state index contributed by atoms with van der Waals surface area (Å²) < 4.78 is 1.95. The first kappa shape index (κ1) is 16.6. The van der Waals surface area contributed by atoms with Crippen molar-refractivity contribution in [2.45, 2.75) is 13.5 Å². The van der Waals surface area contributed by atoms with E-state index in [4.69, 9.17) is 4.98 Å². The fourth-order valence-electron chi connectivity index (χ4n) is 4.63. The fraction of sp³-hybridized carbons (Fsp3) is 0.444. The Kier molecular flexibility index (Phi) is 4.01. The first-order valence-corrected chi connectivity index (χ1v) is 10.8. The SMILES string of the molecule is CC(=O)N(c1ccccc1)c1nc(C[N+]23CN4CN(CN(C4)C2)C3)c[se]1. The molecule has 4 aliphatic heterocycles. The van der Waals surface area contributed by atoms with Crippen molar-refractivity contribution >= 4 is 30.8 Å². The van der Waals surface area contributed by atoms with Gasteiger partial charge in [0.1, 0.15) is 0 Å². The molecule has 6 rings (SSSR count). The minimum absolute atomic E-state index is 0.0269. The van der Waals surface area contributed by atoms with Crippen molar-refractivity contribution in [2.75, 3.05) is 44.9 Å². The van der Waals surface area contributed by atoms with E-state index in [0.717, 1.165) is 67.1 Å². The Morgan fingerprint density at radius 1 is 1.12 bits per heavy atom. The van der Waals surface area contributed by atoms with E-state index in [0.29, 0.717) is 0 Å². The molecule has 5 heterocycles. The molecule has 4 bridgehead atoms. The van der Waals surface area contributed by atoms with Crippen molar-refractivity contribution < 1.29 is 9.28 Å². The van der Waals surface area contributed by atoms with Gasteiger partial charge in [-0.05, 0) is 0 Å². The predicted molar refractivity (Wildman–Crippen MR) is 99.1 cm³/mol. The Morgan fingerprint density at radius 3 is 2.31 bits per heavy atom. The summed E-state index contributed by atoms with van der Waals surface area (Å²) in [7, 11) is 0. The summed E-state index contributed by atoms with van der Waals surface area (Å²) >= 11 is 0.101. The van der Waals surface area contributed by atoms with Crippen molar-refractivity contribution in [3.63, 3.8) is 0 Å². The van der Waals surface area contributed by atoms with Gasteiger partial charge in [-0.2, -0.15) is 0 Å². The van der Waals surface area contributed by atoms with Gasteiger partial charge < -0.3 is 0 Å². The normalized spacial score (nSPS) is 32.0. The molecular formula is C18H23N6OSe+. The molecule has 0 atom stereocenters. The number of amides is 1. The molecule has 2 aromatic rings. The molecule has 1 aromatic heterocycles. The molecule has 0 saturated carbocycles. The number of hydrogen-bond donors (Lipinski definition) is 0. The molecule has 4 saturated heterocycles. The number of rotatable bonds is 4. The monoisotopic (exact) mass is 419 g/mol. The quantitative estimate of drug-likeness (QED) is 0.544. The van der Waals surface area contributed by atoms with Crippen molar-refractivity contribution in [3.8, 4) is 0 Å². The van der Waals surface area contributed by atoms with Crippen LogP contribution in [0.2, 0.25) is 0 Å². The summed E-state index contributed by atoms with van der Waals surface area (Å²) in [5.41, 5.74) is 2.05. The fourth-order valence-corrected chi connectivity index (χ4v) is 6.47. The van der Waals surface area contributed by atoms with Gasteiger partial charge in [0.15, 0.2) is 0 Å². The van der Waals surface area contributed by atoms with Gasteiger partial charge in [0.2, 0.25) is 0 Å². The predicted octanol–water partition coefficient (Wildman–Crippen LogP) is 0.832. The summed E-state index contributed by atoms with van der Waals surface area (Å²) in [5, 5.41) is 0. The molecule has 7 nitrogen and oxygen atoms in total. The zero-order chi connectivity index (χ0) is 17.7. The standard InChI is InChI=1S/C18H23N6OSe/c1-15(25)23(17-5-3-2-4-6-17)18-19-16(8-26-18)7-24-12-20-9-21(13-24)11-22(10-20)14-24/h2-6,8H,7,9-14H2,1H3/q+1. The van der Waals surface area contributed by atoms with Crippen molar-refractivity contribution in [1.82, 2.24) is 19.7 Å². The van der Waals surface area contributed by atoms with Crippen LogP contribution in [-0.4, -0.2) is 84.6 Å². The van der Waals surface area contributed by atoms with E-state index in [1.54, 1.807) is 11.8 Å². The van der Waals surface area contributed by atoms with Crippen LogP contribution in [0.15, 0.2) is 35.3 Å². The maximum absolute atomic E-state index is 12.3. The van der Waals surface area contributed by atoms with Crippen molar-refractivity contribution in [2.24, 2.45) is 0 Å². The van der Waals surface area contributed by atoms with Crippen molar-refractivity contribution in [1.29, 1.82) is 0 Å². The van der Waals surface area contributed by atoms with E-state index < -0.39 is 0 Å². The van der Waals surface area contributed by atoms with E-state index in [-0.39, 0.29) is 20.4 Å². The molecule has 1 aromatic carbocycles. The molecule has 26 heavy (non-hydrogen) atoms. The van der Waals surface area contributed by atoms with E-state index >= 15 is 0 Å². The maximum atomic E-state index is 12.3. The summed E-state index contributed by atoms with van der Waals surface area (Å²) in [6, 6.07) is 9.84.